The summed E-state index contributed by atoms with van der Waals surface area (Å²) in [6.07, 6.45) is 0.550. The molecule has 0 spiro atoms. The third-order valence-electron chi connectivity index (χ3n) is 3.89. The maximum Gasteiger partial charge on any atom is 0.342 e. The minimum atomic E-state index is -1.16. The Morgan fingerprint density at radius 1 is 1.20 bits per heavy atom. The lowest BCUT2D eigenvalue weighted by molar-refractivity contribution is -0.128. The Morgan fingerprint density at radius 3 is 2.40 bits per heavy atom. The number of esters is 1. The Hall–Kier alpha value is -2.42. The number of imide groups is 1. The second-order valence-electron chi connectivity index (χ2n) is 5.87. The van der Waals surface area contributed by atoms with Gasteiger partial charge in [0.2, 0.25) is 5.91 Å². The molecule has 1 aliphatic carbocycles. The van der Waals surface area contributed by atoms with Crippen LogP contribution in [0.15, 0.2) is 0 Å². The summed E-state index contributed by atoms with van der Waals surface area (Å²) in [5.41, 5.74) is 0.941. The predicted octanol–water partition coefficient (Wildman–Crippen LogP) is 1.71. The van der Waals surface area contributed by atoms with Crippen LogP contribution in [0, 0.1) is 19.8 Å². The molecule has 0 aromatic carbocycles. The Labute approximate surface area is 149 Å². The van der Waals surface area contributed by atoms with E-state index in [1.54, 1.807) is 6.92 Å². The maximum absolute atomic E-state index is 12.5. The summed E-state index contributed by atoms with van der Waals surface area (Å²) in [5.74, 6) is -1.56. The zero-order chi connectivity index (χ0) is 18.7. The van der Waals surface area contributed by atoms with Crippen molar-refractivity contribution in [3.63, 3.8) is 0 Å². The van der Waals surface area contributed by atoms with E-state index in [0.717, 1.165) is 17.7 Å². The Kier molecular flexibility index (Phi) is 5.78. The van der Waals surface area contributed by atoms with Crippen molar-refractivity contribution in [2.75, 3.05) is 12.4 Å². The highest BCUT2D eigenvalue weighted by Gasteiger charge is 2.32. The van der Waals surface area contributed by atoms with Crippen molar-refractivity contribution in [1.29, 1.82) is 0 Å². The van der Waals surface area contributed by atoms with E-state index in [-0.39, 0.29) is 17.4 Å². The number of anilines is 1. The van der Waals surface area contributed by atoms with E-state index >= 15 is 0 Å². The van der Waals surface area contributed by atoms with Gasteiger partial charge in [0.05, 0.1) is 5.56 Å². The van der Waals surface area contributed by atoms with E-state index < -0.39 is 24.0 Å². The van der Waals surface area contributed by atoms with Gasteiger partial charge in [0.25, 0.3) is 5.91 Å². The first-order chi connectivity index (χ1) is 11.7. The standard InChI is InChI=1S/C16H21N3O5S/c1-7-9(3)25-14(18-13(21)10-5-6-10)11(7)15(22)24-8(2)12(20)19-16(23)17-4/h8,10H,5-6H2,1-4H3,(H,18,21)(H2,17,19,20,23)/t8-/m1/s1. The molecule has 1 aromatic heterocycles. The van der Waals surface area contributed by atoms with Gasteiger partial charge in [0, 0.05) is 17.8 Å². The lowest BCUT2D eigenvalue weighted by Gasteiger charge is -2.13. The topological polar surface area (TPSA) is 114 Å². The van der Waals surface area contributed by atoms with Crippen molar-refractivity contribution in [1.82, 2.24) is 10.6 Å². The first-order valence-corrected chi connectivity index (χ1v) is 8.70. The molecule has 1 heterocycles. The van der Waals surface area contributed by atoms with Crippen LogP contribution in [-0.4, -0.2) is 37.0 Å². The number of amides is 4. The van der Waals surface area contributed by atoms with E-state index in [1.165, 1.54) is 25.3 Å². The van der Waals surface area contributed by atoms with E-state index in [4.69, 9.17) is 4.74 Å². The Balaban J connectivity index is 2.11. The number of aryl methyl sites for hydroxylation is 1. The SMILES string of the molecule is CNC(=O)NC(=O)[C@@H](C)OC(=O)c1c(NC(=O)C2CC2)sc(C)c1C. The number of hydrogen-bond donors (Lipinski definition) is 3. The molecule has 1 atom stereocenters. The van der Waals surface area contributed by atoms with Crippen molar-refractivity contribution < 1.29 is 23.9 Å². The Morgan fingerprint density at radius 2 is 1.84 bits per heavy atom. The van der Waals surface area contributed by atoms with Gasteiger partial charge in [-0.2, -0.15) is 0 Å². The molecule has 2 rings (SSSR count). The van der Waals surface area contributed by atoms with E-state index in [0.29, 0.717) is 10.6 Å². The van der Waals surface area contributed by atoms with Gasteiger partial charge in [-0.3, -0.25) is 14.9 Å². The zero-order valence-electron chi connectivity index (χ0n) is 14.5. The van der Waals surface area contributed by atoms with Crippen LogP contribution in [0.1, 0.15) is 40.6 Å². The van der Waals surface area contributed by atoms with Gasteiger partial charge >= 0.3 is 12.0 Å². The molecule has 1 aliphatic rings. The van der Waals surface area contributed by atoms with Crippen molar-refractivity contribution in [2.45, 2.75) is 39.7 Å². The van der Waals surface area contributed by atoms with E-state index in [1.807, 2.05) is 12.2 Å². The van der Waals surface area contributed by atoms with Crippen LogP contribution in [0.3, 0.4) is 0 Å². The quantitative estimate of drug-likeness (QED) is 0.686. The Bertz CT molecular complexity index is 724. The molecule has 25 heavy (non-hydrogen) atoms. The third kappa shape index (κ3) is 4.56. The molecule has 4 amide bonds. The molecule has 136 valence electrons. The molecule has 1 fully saturated rings. The summed E-state index contributed by atoms with van der Waals surface area (Å²) in [6.45, 7) is 4.96. The second kappa shape index (κ2) is 7.64. The fraction of sp³-hybridized carbons (Fsp3) is 0.500. The lowest BCUT2D eigenvalue weighted by Crippen LogP contribution is -2.43. The second-order valence-corrected chi connectivity index (χ2v) is 7.09. The average Bonchev–Trinajstić information content (AvgIpc) is 3.35. The van der Waals surface area contributed by atoms with Gasteiger partial charge in [-0.05, 0) is 39.2 Å². The third-order valence-corrected chi connectivity index (χ3v) is 5.01. The number of carbonyl (C=O) groups excluding carboxylic acids is 4. The average molecular weight is 367 g/mol. The van der Waals surface area contributed by atoms with Crippen LogP contribution < -0.4 is 16.0 Å². The molecule has 0 unspecified atom stereocenters. The van der Waals surface area contributed by atoms with Crippen LogP contribution >= 0.6 is 11.3 Å². The summed E-state index contributed by atoms with van der Waals surface area (Å²) in [6, 6.07) is -0.687. The minimum Gasteiger partial charge on any atom is -0.449 e. The molecule has 0 aliphatic heterocycles. The first-order valence-electron chi connectivity index (χ1n) is 7.89. The van der Waals surface area contributed by atoms with E-state index in [9.17, 15) is 19.2 Å². The van der Waals surface area contributed by atoms with Crippen LogP contribution in [0.25, 0.3) is 0 Å². The van der Waals surface area contributed by atoms with Gasteiger partial charge in [-0.25, -0.2) is 9.59 Å². The largest absolute Gasteiger partial charge is 0.449 e. The fourth-order valence-electron chi connectivity index (χ4n) is 2.07. The molecule has 3 N–H and O–H groups in total. The van der Waals surface area contributed by atoms with Crippen LogP contribution in [0.5, 0.6) is 0 Å². The highest BCUT2D eigenvalue weighted by atomic mass is 32.1. The van der Waals surface area contributed by atoms with Crippen LogP contribution in [0.2, 0.25) is 0 Å². The summed E-state index contributed by atoms with van der Waals surface area (Å²) in [4.78, 5) is 48.3. The van der Waals surface area contributed by atoms with Crippen LogP contribution in [-0.2, 0) is 14.3 Å². The van der Waals surface area contributed by atoms with Gasteiger partial charge in [0.1, 0.15) is 5.00 Å². The highest BCUT2D eigenvalue weighted by Crippen LogP contribution is 2.36. The molecule has 0 radical (unpaired) electrons. The number of carbonyl (C=O) groups is 4. The molecule has 8 nitrogen and oxygen atoms in total. The molecular formula is C16H21N3O5S. The van der Waals surface area contributed by atoms with Gasteiger partial charge in [-0.1, -0.05) is 0 Å². The molecule has 1 saturated carbocycles. The van der Waals surface area contributed by atoms with Crippen molar-refractivity contribution in [2.24, 2.45) is 5.92 Å². The zero-order valence-corrected chi connectivity index (χ0v) is 15.3. The van der Waals surface area contributed by atoms with Crippen molar-refractivity contribution in [3.8, 4) is 0 Å². The number of nitrogens with one attached hydrogen (secondary N) is 3. The number of ether oxygens (including phenoxy) is 1. The van der Waals surface area contributed by atoms with Crippen LogP contribution in [0.4, 0.5) is 9.80 Å². The highest BCUT2D eigenvalue weighted by molar-refractivity contribution is 7.16. The van der Waals surface area contributed by atoms with E-state index in [2.05, 4.69) is 10.6 Å². The molecule has 1 aromatic rings. The molecule has 0 saturated heterocycles. The maximum atomic E-state index is 12.5. The summed E-state index contributed by atoms with van der Waals surface area (Å²) in [5, 5.41) is 7.48. The summed E-state index contributed by atoms with van der Waals surface area (Å²) < 4.78 is 5.16. The molecular weight excluding hydrogens is 346 g/mol. The predicted molar refractivity (Wildman–Crippen MR) is 92.6 cm³/mol. The fourth-order valence-corrected chi connectivity index (χ4v) is 3.12. The smallest absolute Gasteiger partial charge is 0.342 e. The summed E-state index contributed by atoms with van der Waals surface area (Å²) in [7, 11) is 1.37. The summed E-state index contributed by atoms with van der Waals surface area (Å²) >= 11 is 1.30. The van der Waals surface area contributed by atoms with Gasteiger partial charge in [0.15, 0.2) is 6.10 Å². The minimum absolute atomic E-state index is 0.00356. The number of thiophene rings is 1. The van der Waals surface area contributed by atoms with Gasteiger partial charge < -0.3 is 15.4 Å². The lowest BCUT2D eigenvalue weighted by atomic mass is 10.1. The molecule has 0 bridgehead atoms. The normalized spacial score (nSPS) is 14.4. The monoisotopic (exact) mass is 367 g/mol. The first kappa shape index (κ1) is 18.9. The van der Waals surface area contributed by atoms with Gasteiger partial charge in [-0.15, -0.1) is 11.3 Å². The number of hydrogen-bond acceptors (Lipinski definition) is 6. The number of urea groups is 1. The van der Waals surface area contributed by atoms with Crippen molar-refractivity contribution >= 4 is 40.2 Å². The molecule has 9 heteroatoms. The number of rotatable bonds is 5. The van der Waals surface area contributed by atoms with Crippen molar-refractivity contribution in [3.05, 3.63) is 16.0 Å².